The quantitative estimate of drug-likeness (QED) is 0.627. The summed E-state index contributed by atoms with van der Waals surface area (Å²) in [6.45, 7) is 11.1. The SMILES string of the molecule is CN1CCOc2cc(CN3CC4C(COCCCN5CCCCC5)[C@H]4C3)ccc21. The number of fused-ring (bicyclic) bond motifs is 2. The minimum atomic E-state index is 0.792. The van der Waals surface area contributed by atoms with Crippen LogP contribution in [0.3, 0.4) is 0 Å². The van der Waals surface area contributed by atoms with Gasteiger partial charge in [-0.1, -0.05) is 12.5 Å². The molecule has 2 unspecified atom stereocenters. The molecule has 1 aromatic rings. The number of ether oxygens (including phenoxy) is 2. The number of likely N-dealkylation sites (tertiary alicyclic amines) is 2. The molecule has 3 aliphatic heterocycles. The maximum atomic E-state index is 6.04. The summed E-state index contributed by atoms with van der Waals surface area (Å²) in [4.78, 5) is 7.52. The van der Waals surface area contributed by atoms with E-state index in [9.17, 15) is 0 Å². The average molecular weight is 400 g/mol. The fourth-order valence-corrected chi connectivity index (χ4v) is 5.66. The van der Waals surface area contributed by atoms with Gasteiger partial charge in [0.05, 0.1) is 18.8 Å². The molecule has 29 heavy (non-hydrogen) atoms. The first-order valence-electron chi connectivity index (χ1n) is 11.8. The highest BCUT2D eigenvalue weighted by molar-refractivity contribution is 5.60. The fourth-order valence-electron chi connectivity index (χ4n) is 5.66. The molecule has 1 aliphatic carbocycles. The highest BCUT2D eigenvalue weighted by atomic mass is 16.5. The van der Waals surface area contributed by atoms with Gasteiger partial charge in [-0.2, -0.15) is 0 Å². The number of benzene rings is 1. The zero-order valence-corrected chi connectivity index (χ0v) is 18.0. The summed E-state index contributed by atoms with van der Waals surface area (Å²) in [5.41, 5.74) is 2.60. The number of nitrogens with zero attached hydrogens (tertiary/aromatic N) is 3. The Kier molecular flexibility index (Phi) is 5.98. The van der Waals surface area contributed by atoms with E-state index in [4.69, 9.17) is 9.47 Å². The van der Waals surface area contributed by atoms with Crippen LogP contribution in [0, 0.1) is 17.8 Å². The molecular formula is C24H37N3O2. The van der Waals surface area contributed by atoms with Gasteiger partial charge in [0.1, 0.15) is 12.4 Å². The molecule has 0 radical (unpaired) electrons. The number of hydrogen-bond acceptors (Lipinski definition) is 5. The molecule has 5 heteroatoms. The summed E-state index contributed by atoms with van der Waals surface area (Å²) in [6.07, 6.45) is 5.40. The van der Waals surface area contributed by atoms with Gasteiger partial charge in [0.15, 0.2) is 0 Å². The predicted molar refractivity (Wildman–Crippen MR) is 117 cm³/mol. The van der Waals surface area contributed by atoms with Crippen molar-refractivity contribution >= 4 is 5.69 Å². The molecule has 5 nitrogen and oxygen atoms in total. The van der Waals surface area contributed by atoms with Gasteiger partial charge in [-0.3, -0.25) is 4.90 Å². The number of hydrogen-bond donors (Lipinski definition) is 0. The molecule has 1 aromatic carbocycles. The normalized spacial score (nSPS) is 29.4. The number of rotatable bonds is 8. The number of anilines is 1. The van der Waals surface area contributed by atoms with Crippen molar-refractivity contribution in [2.45, 2.75) is 32.2 Å². The van der Waals surface area contributed by atoms with E-state index in [1.165, 1.54) is 69.7 Å². The zero-order valence-electron chi connectivity index (χ0n) is 18.0. The largest absolute Gasteiger partial charge is 0.490 e. The van der Waals surface area contributed by atoms with Gasteiger partial charge >= 0.3 is 0 Å². The van der Waals surface area contributed by atoms with Gasteiger partial charge in [-0.25, -0.2) is 0 Å². The van der Waals surface area contributed by atoms with Crippen molar-refractivity contribution in [1.82, 2.24) is 9.80 Å². The molecule has 3 atom stereocenters. The first-order chi connectivity index (χ1) is 14.3. The molecule has 4 aliphatic rings. The molecule has 0 spiro atoms. The van der Waals surface area contributed by atoms with Crippen molar-refractivity contribution in [3.8, 4) is 5.75 Å². The lowest BCUT2D eigenvalue weighted by Crippen LogP contribution is -2.31. The third-order valence-corrected chi connectivity index (χ3v) is 7.49. The third kappa shape index (κ3) is 4.57. The topological polar surface area (TPSA) is 28.2 Å². The molecular weight excluding hydrogens is 362 g/mol. The Morgan fingerprint density at radius 1 is 1.03 bits per heavy atom. The minimum absolute atomic E-state index is 0.792. The second-order valence-corrected chi connectivity index (χ2v) is 9.59. The average Bonchev–Trinajstić information content (AvgIpc) is 3.19. The van der Waals surface area contributed by atoms with Gasteiger partial charge in [0.2, 0.25) is 0 Å². The Hall–Kier alpha value is -1.30. The van der Waals surface area contributed by atoms with Crippen LogP contribution in [0.2, 0.25) is 0 Å². The van der Waals surface area contributed by atoms with Crippen molar-refractivity contribution in [2.75, 3.05) is 71.0 Å². The smallest absolute Gasteiger partial charge is 0.143 e. The highest BCUT2D eigenvalue weighted by Crippen LogP contribution is 2.52. The van der Waals surface area contributed by atoms with E-state index in [0.717, 1.165) is 56.4 Å². The molecule has 2 saturated heterocycles. The molecule has 160 valence electrons. The molecule has 0 bridgehead atoms. The summed E-state index contributed by atoms with van der Waals surface area (Å²) in [7, 11) is 2.14. The molecule has 3 fully saturated rings. The van der Waals surface area contributed by atoms with Crippen LogP contribution in [0.5, 0.6) is 5.75 Å². The lowest BCUT2D eigenvalue weighted by atomic mass is 10.1. The van der Waals surface area contributed by atoms with Gasteiger partial charge in [-0.15, -0.1) is 0 Å². The van der Waals surface area contributed by atoms with E-state index < -0.39 is 0 Å². The predicted octanol–water partition coefficient (Wildman–Crippen LogP) is 3.09. The molecule has 5 rings (SSSR count). The Morgan fingerprint density at radius 2 is 1.86 bits per heavy atom. The summed E-state index contributed by atoms with van der Waals surface area (Å²) in [6, 6.07) is 6.75. The number of piperidine rings is 2. The van der Waals surface area contributed by atoms with Gasteiger partial charge in [0.25, 0.3) is 0 Å². The first kappa shape index (κ1) is 19.7. The highest BCUT2D eigenvalue weighted by Gasteiger charge is 2.55. The van der Waals surface area contributed by atoms with Crippen molar-refractivity contribution in [3.63, 3.8) is 0 Å². The maximum Gasteiger partial charge on any atom is 0.143 e. The van der Waals surface area contributed by atoms with Crippen LogP contribution in [0.1, 0.15) is 31.2 Å². The maximum absolute atomic E-state index is 6.04. The molecule has 0 aromatic heterocycles. The van der Waals surface area contributed by atoms with E-state index in [1.54, 1.807) is 0 Å². The molecule has 3 heterocycles. The van der Waals surface area contributed by atoms with Gasteiger partial charge < -0.3 is 19.3 Å². The minimum Gasteiger partial charge on any atom is -0.490 e. The van der Waals surface area contributed by atoms with Crippen molar-refractivity contribution in [2.24, 2.45) is 17.8 Å². The fraction of sp³-hybridized carbons (Fsp3) is 0.750. The Labute approximate surface area is 175 Å². The Balaban J connectivity index is 0.993. The summed E-state index contributed by atoms with van der Waals surface area (Å²) in [5, 5.41) is 0. The Bertz CT molecular complexity index is 679. The van der Waals surface area contributed by atoms with Crippen molar-refractivity contribution in [3.05, 3.63) is 23.8 Å². The van der Waals surface area contributed by atoms with Crippen LogP contribution < -0.4 is 9.64 Å². The van der Waals surface area contributed by atoms with Crippen molar-refractivity contribution < 1.29 is 9.47 Å². The van der Waals surface area contributed by atoms with Crippen LogP contribution in [-0.4, -0.2) is 75.9 Å². The summed E-state index contributed by atoms with van der Waals surface area (Å²) >= 11 is 0. The van der Waals surface area contributed by atoms with Crippen molar-refractivity contribution in [1.29, 1.82) is 0 Å². The monoisotopic (exact) mass is 399 g/mol. The van der Waals surface area contributed by atoms with Gasteiger partial charge in [0, 0.05) is 39.8 Å². The standard InChI is InChI=1S/C24H37N3O2/c1-25-11-13-29-24-14-19(6-7-23(24)25)15-27-16-20-21(17-27)22(20)18-28-12-5-10-26-8-3-2-4-9-26/h6-7,14,20-22H,2-5,8-13,15-18H2,1H3/t20-,21?,22?/m0/s1. The number of likely N-dealkylation sites (N-methyl/N-ethyl adjacent to an activating group) is 1. The molecule has 0 amide bonds. The van der Waals surface area contributed by atoms with E-state index in [1.807, 2.05) is 0 Å². The lowest BCUT2D eigenvalue weighted by molar-refractivity contribution is 0.0967. The first-order valence-corrected chi connectivity index (χ1v) is 11.8. The zero-order chi connectivity index (χ0) is 19.6. The molecule has 0 N–H and O–H groups in total. The van der Waals surface area contributed by atoms with Crippen LogP contribution in [0.4, 0.5) is 5.69 Å². The summed E-state index contributed by atoms with van der Waals surface area (Å²) in [5.74, 6) is 3.62. The second-order valence-electron chi connectivity index (χ2n) is 9.59. The van der Waals surface area contributed by atoms with Crippen LogP contribution >= 0.6 is 0 Å². The molecule has 1 saturated carbocycles. The lowest BCUT2D eigenvalue weighted by Gasteiger charge is -2.28. The van der Waals surface area contributed by atoms with E-state index in [0.29, 0.717) is 0 Å². The van der Waals surface area contributed by atoms with Crippen LogP contribution in [0.15, 0.2) is 18.2 Å². The van der Waals surface area contributed by atoms with E-state index in [-0.39, 0.29) is 0 Å². The van der Waals surface area contributed by atoms with E-state index in [2.05, 4.69) is 39.9 Å². The van der Waals surface area contributed by atoms with Gasteiger partial charge in [-0.05, 0) is 67.8 Å². The third-order valence-electron chi connectivity index (χ3n) is 7.49. The van der Waals surface area contributed by atoms with Crippen LogP contribution in [0.25, 0.3) is 0 Å². The second kappa shape index (κ2) is 8.83. The van der Waals surface area contributed by atoms with E-state index >= 15 is 0 Å². The Morgan fingerprint density at radius 3 is 2.69 bits per heavy atom. The summed E-state index contributed by atoms with van der Waals surface area (Å²) < 4.78 is 11.9. The van der Waals surface area contributed by atoms with Crippen LogP contribution in [-0.2, 0) is 11.3 Å².